The van der Waals surface area contributed by atoms with E-state index in [1.807, 2.05) is 69.3 Å². The Morgan fingerprint density at radius 3 is 1.17 bits per heavy atom. The lowest BCUT2D eigenvalue weighted by Crippen LogP contribution is -2.46. The average molecular weight is 1050 g/mol. The molecule has 0 fully saturated rings. The summed E-state index contributed by atoms with van der Waals surface area (Å²) in [6.45, 7) is 12.1. The Bertz CT molecular complexity index is 1810. The standard InChI is InChI=1S/C18H14O8.C13H20N2O2.C12H20N2O.C3H6O2.2CH4.4H2S/c19-15(20)13(25-17(23)11-7-3-1-4-8-11)14(16(21)22)26-18(24)12-9-5-2-6-10-12;1-3-13(15-14-10-16)11(2)17-9-12-7-5-4-6-8-12;1-3-12(14-13)10(2)15-9-11-7-5-4-6-8-11;1-2-5-3-4;;;;;;/h1-10,13-14H,(H,19,20)(H,21,22);4-8,10-11,13,15H,3,9H2,1-2H3,(H,14,16);4-8,10,12,14H,3,9,13H2,1-2H3;3H,2H2,1H3;2*1H4;4*1H2/t13-,14-;11-,13-;10-,12-;;;;;;;/m000......./s1. The molecule has 0 spiro atoms. The number of rotatable bonds is 23. The van der Waals surface area contributed by atoms with E-state index in [4.69, 9.17) is 24.8 Å². The van der Waals surface area contributed by atoms with Gasteiger partial charge in [-0.05, 0) is 69.0 Å². The Morgan fingerprint density at radius 1 is 0.580 bits per heavy atom. The van der Waals surface area contributed by atoms with Crippen LogP contribution in [0.2, 0.25) is 0 Å². The maximum absolute atomic E-state index is 12.0. The highest BCUT2D eigenvalue weighted by atomic mass is 32.1. The van der Waals surface area contributed by atoms with Crippen molar-refractivity contribution >= 4 is 90.7 Å². The van der Waals surface area contributed by atoms with Gasteiger partial charge in [0.1, 0.15) is 0 Å². The van der Waals surface area contributed by atoms with Crippen LogP contribution in [0.5, 0.6) is 0 Å². The van der Waals surface area contributed by atoms with Crippen LogP contribution in [-0.2, 0) is 56.1 Å². The first-order valence-electron chi connectivity index (χ1n) is 20.1. The number of carboxylic acid groups (broad SMARTS) is 2. The first-order valence-corrected chi connectivity index (χ1v) is 20.1. The van der Waals surface area contributed by atoms with Crippen molar-refractivity contribution < 1.29 is 62.7 Å². The third-order valence-electron chi connectivity index (χ3n) is 8.75. The molecule has 4 rings (SSSR count). The van der Waals surface area contributed by atoms with E-state index in [-0.39, 0.29) is 104 Å². The third kappa shape index (κ3) is 32.4. The monoisotopic (exact) mass is 1040 g/mol. The SMILES string of the molecule is C.C.CCOC=O.CC[C@H](NN)[C@H](C)OCc1ccccc1.CC[C@H](NNC=O)[C@H](C)OCc1ccccc1.O=C(O[C@H](C(=O)O)[C@H](OC(=O)c1ccccc1)C(=O)O)c1ccccc1.S.S.S.S. The lowest BCUT2D eigenvalue weighted by molar-refractivity contribution is -0.166. The fourth-order valence-electron chi connectivity index (χ4n) is 5.18. The molecule has 0 bridgehead atoms. The van der Waals surface area contributed by atoms with Gasteiger partial charge in [0.05, 0.1) is 49.2 Å². The molecule has 1 amide bonds. The zero-order chi connectivity index (χ0) is 46.8. The molecule has 0 aliphatic rings. The number of benzene rings is 4. The van der Waals surface area contributed by atoms with Gasteiger partial charge in [-0.2, -0.15) is 54.0 Å². The van der Waals surface area contributed by atoms with E-state index >= 15 is 0 Å². The van der Waals surface area contributed by atoms with E-state index < -0.39 is 36.1 Å². The van der Waals surface area contributed by atoms with E-state index in [0.717, 1.165) is 18.4 Å². The van der Waals surface area contributed by atoms with Gasteiger partial charge in [0.25, 0.3) is 6.47 Å². The largest absolute Gasteiger partial charge is 0.478 e. The van der Waals surface area contributed by atoms with Gasteiger partial charge in [0, 0.05) is 6.04 Å². The number of aliphatic carboxylic acids is 2. The van der Waals surface area contributed by atoms with Crippen molar-refractivity contribution in [3.8, 4) is 0 Å². The average Bonchev–Trinajstić information content (AvgIpc) is 3.31. The second kappa shape index (κ2) is 46.6. The number of hydrogen-bond acceptors (Lipinski definition) is 14. The number of ether oxygens (including phenoxy) is 5. The molecule has 69 heavy (non-hydrogen) atoms. The minimum Gasteiger partial charge on any atom is -0.478 e. The van der Waals surface area contributed by atoms with Crippen LogP contribution in [-0.4, -0.2) is 90.1 Å². The molecular formula is C48H76N4O13S4. The van der Waals surface area contributed by atoms with Crippen LogP contribution in [0.25, 0.3) is 0 Å². The quantitative estimate of drug-likeness (QED) is 0.0144. The molecule has 0 heterocycles. The van der Waals surface area contributed by atoms with Crippen LogP contribution in [0.3, 0.4) is 0 Å². The summed E-state index contributed by atoms with van der Waals surface area (Å²) in [5, 5.41) is 18.5. The van der Waals surface area contributed by atoms with E-state index in [9.17, 15) is 39.0 Å². The van der Waals surface area contributed by atoms with Crippen LogP contribution in [0.15, 0.2) is 121 Å². The molecule has 0 unspecified atom stereocenters. The molecular weight excluding hydrogens is 969 g/mol. The molecule has 0 aliphatic carbocycles. The van der Waals surface area contributed by atoms with Crippen molar-refractivity contribution in [3.05, 3.63) is 144 Å². The number of carbonyl (C=O) groups excluding carboxylic acids is 4. The van der Waals surface area contributed by atoms with Crippen molar-refractivity contribution in [1.29, 1.82) is 0 Å². The number of hydrazine groups is 2. The number of nitrogens with two attached hydrogens (primary N) is 1. The van der Waals surface area contributed by atoms with Crippen LogP contribution < -0.4 is 22.1 Å². The Morgan fingerprint density at radius 2 is 0.913 bits per heavy atom. The Balaban J connectivity index is -0.000000204. The van der Waals surface area contributed by atoms with Gasteiger partial charge in [-0.3, -0.25) is 26.3 Å². The number of hydrogen-bond donors (Lipinski definition) is 6. The molecule has 6 atom stereocenters. The molecule has 0 saturated carbocycles. The lowest BCUT2D eigenvalue weighted by atomic mass is 10.1. The van der Waals surface area contributed by atoms with Crippen LogP contribution in [0, 0.1) is 0 Å². The number of carboxylic acids is 2. The number of amides is 1. The summed E-state index contributed by atoms with van der Waals surface area (Å²) in [5.74, 6) is -0.211. The van der Waals surface area contributed by atoms with Crippen molar-refractivity contribution in [1.82, 2.24) is 16.3 Å². The van der Waals surface area contributed by atoms with Crippen LogP contribution >= 0.6 is 54.0 Å². The molecule has 0 aliphatic heterocycles. The number of nitrogens with one attached hydrogen (secondary N) is 3. The Kier molecular flexibility index (Phi) is 51.0. The highest BCUT2D eigenvalue weighted by Gasteiger charge is 2.41. The normalized spacial score (nSPS) is 11.9. The van der Waals surface area contributed by atoms with Crippen LogP contribution in [0.1, 0.15) is 94.2 Å². The maximum Gasteiger partial charge on any atom is 0.349 e. The molecule has 17 nitrogen and oxygen atoms in total. The molecule has 4 aromatic rings. The Labute approximate surface area is 435 Å². The first kappa shape index (κ1) is 75.4. The second-order valence-electron chi connectivity index (χ2n) is 13.2. The van der Waals surface area contributed by atoms with Crippen LogP contribution in [0.4, 0.5) is 0 Å². The molecule has 0 radical (unpaired) electrons. The third-order valence-corrected chi connectivity index (χ3v) is 8.75. The molecule has 0 saturated heterocycles. The predicted octanol–water partition coefficient (Wildman–Crippen LogP) is 6.96. The molecule has 0 aromatic heterocycles. The first-order chi connectivity index (χ1) is 30.4. The minimum absolute atomic E-state index is 0. The van der Waals surface area contributed by atoms with Gasteiger partial charge in [0.2, 0.25) is 18.6 Å². The second-order valence-corrected chi connectivity index (χ2v) is 13.2. The smallest absolute Gasteiger partial charge is 0.349 e. The van der Waals surface area contributed by atoms with Gasteiger partial charge in [-0.1, -0.05) is 126 Å². The topological polar surface area (TPSA) is 251 Å². The van der Waals surface area contributed by atoms with Crippen molar-refractivity contribution in [2.24, 2.45) is 5.84 Å². The highest BCUT2D eigenvalue weighted by Crippen LogP contribution is 2.14. The zero-order valence-corrected chi connectivity index (χ0v) is 42.2. The van der Waals surface area contributed by atoms with Gasteiger partial charge < -0.3 is 33.9 Å². The summed E-state index contributed by atoms with van der Waals surface area (Å²) in [4.78, 5) is 66.2. The fraction of sp³-hybridized carbons (Fsp3) is 0.375. The summed E-state index contributed by atoms with van der Waals surface area (Å²) in [5.41, 5.74) is 10.5. The predicted molar refractivity (Wildman–Crippen MR) is 288 cm³/mol. The summed E-state index contributed by atoms with van der Waals surface area (Å²) in [6.07, 6.45) is -1.79. The maximum atomic E-state index is 12.0. The molecule has 390 valence electrons. The van der Waals surface area contributed by atoms with E-state index in [2.05, 4.69) is 40.1 Å². The van der Waals surface area contributed by atoms with Gasteiger partial charge in [-0.25, -0.2) is 24.6 Å². The molecule has 21 heteroatoms. The van der Waals surface area contributed by atoms with E-state index in [1.165, 1.54) is 54.1 Å². The molecule has 7 N–H and O–H groups in total. The van der Waals surface area contributed by atoms with Gasteiger partial charge >= 0.3 is 23.9 Å². The Hall–Kier alpha value is -5.10. The van der Waals surface area contributed by atoms with E-state index in [0.29, 0.717) is 32.7 Å². The lowest BCUT2D eigenvalue weighted by Gasteiger charge is -2.23. The highest BCUT2D eigenvalue weighted by molar-refractivity contribution is 7.59. The summed E-state index contributed by atoms with van der Waals surface area (Å²) in [7, 11) is 0. The van der Waals surface area contributed by atoms with Crippen molar-refractivity contribution in [3.63, 3.8) is 0 Å². The summed E-state index contributed by atoms with van der Waals surface area (Å²) < 4.78 is 25.2. The van der Waals surface area contributed by atoms with Crippen molar-refractivity contribution in [2.45, 2.75) is 112 Å². The summed E-state index contributed by atoms with van der Waals surface area (Å²) in [6, 6.07) is 35.4. The van der Waals surface area contributed by atoms with Gasteiger partial charge in [-0.15, -0.1) is 0 Å². The summed E-state index contributed by atoms with van der Waals surface area (Å²) >= 11 is 0. The van der Waals surface area contributed by atoms with E-state index in [1.54, 1.807) is 19.1 Å². The minimum atomic E-state index is -2.21. The number of carbonyl (C=O) groups is 6. The van der Waals surface area contributed by atoms with Crippen molar-refractivity contribution in [2.75, 3.05) is 6.61 Å². The van der Waals surface area contributed by atoms with Gasteiger partial charge in [0.15, 0.2) is 0 Å². The number of esters is 2. The fourth-order valence-corrected chi connectivity index (χ4v) is 5.18. The zero-order valence-electron chi connectivity index (χ0n) is 38.2. The molecule has 4 aromatic carbocycles.